The summed E-state index contributed by atoms with van der Waals surface area (Å²) < 4.78 is 1.06. The first kappa shape index (κ1) is 13.5. The Kier molecular flexibility index (Phi) is 4.11. The zero-order chi connectivity index (χ0) is 13.8. The normalized spacial score (nSPS) is 10.3. The number of hydrogen-bond donors (Lipinski definition) is 2. The van der Waals surface area contributed by atoms with Gasteiger partial charge in [-0.15, -0.1) is 0 Å². The van der Waals surface area contributed by atoms with Crippen LogP contribution in [0, 0.1) is 0 Å². The minimum atomic E-state index is -0.000800. The Bertz CT molecular complexity index is 629. The average Bonchev–Trinajstić information content (AvgIpc) is 2.78. The third-order valence-electron chi connectivity index (χ3n) is 2.37. The van der Waals surface area contributed by atoms with E-state index in [2.05, 4.69) is 20.8 Å². The molecule has 5 nitrogen and oxygen atoms in total. The van der Waals surface area contributed by atoms with E-state index in [0.717, 1.165) is 26.7 Å². The highest BCUT2D eigenvalue weighted by Crippen LogP contribution is 2.28. The molecule has 0 aliphatic rings. The van der Waals surface area contributed by atoms with E-state index in [1.807, 2.05) is 39.0 Å². The van der Waals surface area contributed by atoms with Crippen LogP contribution in [0.3, 0.4) is 0 Å². The van der Waals surface area contributed by atoms with Crippen LogP contribution in [0.15, 0.2) is 23.3 Å². The summed E-state index contributed by atoms with van der Waals surface area (Å²) in [6, 6.07) is 5.70. The van der Waals surface area contributed by atoms with Gasteiger partial charge in [0.1, 0.15) is 0 Å². The standard InChI is InChI=1S/C13H16N4OS/c1-4-12(18)14-9-5-6-11-10(7-9)15-13(19-11)17-16-8(2)3/h5-7H,4H2,1-3H3,(H,14,18)(H,15,17). The molecular weight excluding hydrogens is 260 g/mol. The van der Waals surface area contributed by atoms with Crippen molar-refractivity contribution in [2.45, 2.75) is 27.2 Å². The first-order valence-electron chi connectivity index (χ1n) is 6.06. The molecule has 0 saturated carbocycles. The highest BCUT2D eigenvalue weighted by molar-refractivity contribution is 7.22. The molecular formula is C13H16N4OS. The lowest BCUT2D eigenvalue weighted by Crippen LogP contribution is -2.08. The number of amides is 1. The van der Waals surface area contributed by atoms with Gasteiger partial charge in [-0.3, -0.25) is 10.2 Å². The quantitative estimate of drug-likeness (QED) is 0.664. The molecule has 0 aliphatic carbocycles. The predicted octanol–water partition coefficient (Wildman–Crippen LogP) is 3.45. The van der Waals surface area contributed by atoms with Gasteiger partial charge in [-0.2, -0.15) is 5.10 Å². The summed E-state index contributed by atoms with van der Waals surface area (Å²) in [6.07, 6.45) is 0.465. The number of rotatable bonds is 4. The minimum absolute atomic E-state index is 0.000800. The summed E-state index contributed by atoms with van der Waals surface area (Å²) in [5.74, 6) is -0.000800. The molecule has 19 heavy (non-hydrogen) atoms. The maximum atomic E-state index is 11.3. The van der Waals surface area contributed by atoms with E-state index in [-0.39, 0.29) is 5.91 Å². The van der Waals surface area contributed by atoms with Crippen LogP contribution in [-0.4, -0.2) is 16.6 Å². The maximum Gasteiger partial charge on any atom is 0.224 e. The third-order valence-corrected chi connectivity index (χ3v) is 3.31. The number of thiazole rings is 1. The molecule has 1 heterocycles. The number of fused-ring (bicyclic) bond motifs is 1. The Hall–Kier alpha value is -1.95. The molecule has 1 aromatic heterocycles. The Balaban J connectivity index is 2.23. The van der Waals surface area contributed by atoms with Crippen LogP contribution in [0.5, 0.6) is 0 Å². The Morgan fingerprint density at radius 3 is 2.89 bits per heavy atom. The third kappa shape index (κ3) is 3.51. The smallest absolute Gasteiger partial charge is 0.224 e. The molecule has 0 bridgehead atoms. The Morgan fingerprint density at radius 2 is 2.21 bits per heavy atom. The highest BCUT2D eigenvalue weighted by atomic mass is 32.1. The predicted molar refractivity (Wildman–Crippen MR) is 80.9 cm³/mol. The number of carbonyl (C=O) groups excluding carboxylic acids is 1. The molecule has 100 valence electrons. The molecule has 0 atom stereocenters. The van der Waals surface area contributed by atoms with Crippen molar-refractivity contribution in [2.75, 3.05) is 10.7 Å². The van der Waals surface area contributed by atoms with Gasteiger partial charge in [0.05, 0.1) is 10.2 Å². The van der Waals surface area contributed by atoms with Gasteiger partial charge in [0.25, 0.3) is 0 Å². The zero-order valence-corrected chi connectivity index (χ0v) is 12.0. The molecule has 0 unspecified atom stereocenters. The monoisotopic (exact) mass is 276 g/mol. The number of nitrogens with zero attached hydrogens (tertiary/aromatic N) is 2. The van der Waals surface area contributed by atoms with Crippen molar-refractivity contribution >= 4 is 44.0 Å². The lowest BCUT2D eigenvalue weighted by Gasteiger charge is -2.02. The van der Waals surface area contributed by atoms with Crippen LogP contribution in [0.25, 0.3) is 10.2 Å². The summed E-state index contributed by atoms with van der Waals surface area (Å²) in [5.41, 5.74) is 5.47. The van der Waals surface area contributed by atoms with Crippen molar-refractivity contribution in [2.24, 2.45) is 5.10 Å². The summed E-state index contributed by atoms with van der Waals surface area (Å²) in [7, 11) is 0. The number of carbonyl (C=O) groups is 1. The van der Waals surface area contributed by atoms with Gasteiger partial charge in [0, 0.05) is 17.8 Å². The lowest BCUT2D eigenvalue weighted by molar-refractivity contribution is -0.115. The van der Waals surface area contributed by atoms with Gasteiger partial charge in [0.2, 0.25) is 11.0 Å². The summed E-state index contributed by atoms with van der Waals surface area (Å²) in [4.78, 5) is 15.8. The van der Waals surface area contributed by atoms with Gasteiger partial charge in [0.15, 0.2) is 0 Å². The van der Waals surface area contributed by atoms with E-state index in [0.29, 0.717) is 6.42 Å². The highest BCUT2D eigenvalue weighted by Gasteiger charge is 2.05. The molecule has 0 aliphatic heterocycles. The fraction of sp³-hybridized carbons (Fsp3) is 0.308. The van der Waals surface area contributed by atoms with Gasteiger partial charge in [-0.05, 0) is 32.0 Å². The molecule has 0 radical (unpaired) electrons. The molecule has 0 fully saturated rings. The van der Waals surface area contributed by atoms with Crippen LogP contribution in [-0.2, 0) is 4.79 Å². The molecule has 2 N–H and O–H groups in total. The Morgan fingerprint density at radius 1 is 1.42 bits per heavy atom. The van der Waals surface area contributed by atoms with Crippen molar-refractivity contribution in [3.05, 3.63) is 18.2 Å². The number of hydrazone groups is 1. The second-order valence-electron chi connectivity index (χ2n) is 4.27. The van der Waals surface area contributed by atoms with Crippen LogP contribution < -0.4 is 10.7 Å². The molecule has 1 amide bonds. The summed E-state index contributed by atoms with van der Waals surface area (Å²) in [5, 5.41) is 7.69. The van der Waals surface area contributed by atoms with Crippen molar-refractivity contribution in [3.63, 3.8) is 0 Å². The summed E-state index contributed by atoms with van der Waals surface area (Å²) in [6.45, 7) is 5.65. The van der Waals surface area contributed by atoms with E-state index in [1.165, 1.54) is 11.3 Å². The zero-order valence-electron chi connectivity index (χ0n) is 11.2. The van der Waals surface area contributed by atoms with Gasteiger partial charge < -0.3 is 5.32 Å². The molecule has 2 rings (SSSR count). The average molecular weight is 276 g/mol. The van der Waals surface area contributed by atoms with Gasteiger partial charge in [-0.25, -0.2) is 4.98 Å². The van der Waals surface area contributed by atoms with E-state index in [1.54, 1.807) is 0 Å². The molecule has 1 aromatic carbocycles. The number of anilines is 2. The lowest BCUT2D eigenvalue weighted by atomic mass is 10.3. The van der Waals surface area contributed by atoms with Crippen molar-refractivity contribution in [1.82, 2.24) is 4.98 Å². The fourth-order valence-corrected chi connectivity index (χ4v) is 2.25. The molecule has 2 aromatic rings. The molecule has 6 heteroatoms. The SMILES string of the molecule is CCC(=O)Nc1ccc2sc(NN=C(C)C)nc2c1. The maximum absolute atomic E-state index is 11.3. The van der Waals surface area contributed by atoms with Crippen LogP contribution in [0.1, 0.15) is 27.2 Å². The van der Waals surface area contributed by atoms with E-state index in [4.69, 9.17) is 0 Å². The van der Waals surface area contributed by atoms with Crippen LogP contribution >= 0.6 is 11.3 Å². The van der Waals surface area contributed by atoms with E-state index >= 15 is 0 Å². The number of hydrogen-bond acceptors (Lipinski definition) is 5. The largest absolute Gasteiger partial charge is 0.326 e. The van der Waals surface area contributed by atoms with Crippen molar-refractivity contribution < 1.29 is 4.79 Å². The molecule has 0 saturated heterocycles. The fourth-order valence-electron chi connectivity index (χ4n) is 1.46. The van der Waals surface area contributed by atoms with Crippen LogP contribution in [0.4, 0.5) is 10.8 Å². The Labute approximate surface area is 115 Å². The van der Waals surface area contributed by atoms with Crippen molar-refractivity contribution in [3.8, 4) is 0 Å². The number of nitrogens with one attached hydrogen (secondary N) is 2. The van der Waals surface area contributed by atoms with Crippen molar-refractivity contribution in [1.29, 1.82) is 0 Å². The van der Waals surface area contributed by atoms with Gasteiger partial charge >= 0.3 is 0 Å². The number of benzene rings is 1. The minimum Gasteiger partial charge on any atom is -0.326 e. The first-order chi connectivity index (χ1) is 9.08. The van der Waals surface area contributed by atoms with Gasteiger partial charge in [-0.1, -0.05) is 18.3 Å². The summed E-state index contributed by atoms with van der Waals surface area (Å²) >= 11 is 1.53. The first-order valence-corrected chi connectivity index (χ1v) is 6.87. The second-order valence-corrected chi connectivity index (χ2v) is 5.30. The van der Waals surface area contributed by atoms with E-state index < -0.39 is 0 Å². The molecule has 0 spiro atoms. The van der Waals surface area contributed by atoms with E-state index in [9.17, 15) is 4.79 Å². The topological polar surface area (TPSA) is 66.4 Å². The van der Waals surface area contributed by atoms with Crippen LogP contribution in [0.2, 0.25) is 0 Å². The number of aromatic nitrogens is 1. The second kappa shape index (κ2) is 5.79.